The summed E-state index contributed by atoms with van der Waals surface area (Å²) in [6.45, 7) is 5.47. The molecule has 0 spiro atoms. The number of nitrogens with one attached hydrogen (secondary N) is 1. The molecular weight excluding hydrogens is 286 g/mol. The Kier molecular flexibility index (Phi) is 7.20. The summed E-state index contributed by atoms with van der Waals surface area (Å²) in [5.41, 5.74) is 3.38. The van der Waals surface area contributed by atoms with Crippen molar-refractivity contribution in [3.05, 3.63) is 54.2 Å². The maximum Gasteiger partial charge on any atom is 0.0701 e. The van der Waals surface area contributed by atoms with Crippen molar-refractivity contribution in [2.24, 2.45) is 0 Å². The van der Waals surface area contributed by atoms with Gasteiger partial charge in [-0.05, 0) is 44.3 Å². The molecule has 0 bridgehead atoms. The van der Waals surface area contributed by atoms with Gasteiger partial charge in [0.2, 0.25) is 0 Å². The molecule has 0 radical (unpaired) electrons. The van der Waals surface area contributed by atoms with Gasteiger partial charge in [-0.15, -0.1) is 0 Å². The number of pyridine rings is 1. The molecule has 4 nitrogen and oxygen atoms in total. The predicted octanol–water partition coefficient (Wildman–Crippen LogP) is 2.54. The van der Waals surface area contributed by atoms with Crippen molar-refractivity contribution in [2.75, 3.05) is 26.7 Å². The third-order valence-electron chi connectivity index (χ3n) is 3.96. The Bertz CT molecular complexity index is 557. The van der Waals surface area contributed by atoms with Crippen LogP contribution in [-0.4, -0.2) is 47.8 Å². The Balaban J connectivity index is 1.93. The number of aliphatic hydroxyl groups is 1. The number of likely N-dealkylation sites (N-methyl/N-ethyl adjacent to an activating group) is 1. The Morgan fingerprint density at radius 2 is 1.96 bits per heavy atom. The molecule has 124 valence electrons. The molecule has 1 aromatic heterocycles. The Morgan fingerprint density at radius 3 is 2.57 bits per heavy atom. The lowest BCUT2D eigenvalue weighted by Crippen LogP contribution is -2.33. The molecule has 0 aliphatic carbocycles. The fourth-order valence-corrected chi connectivity index (χ4v) is 2.58. The minimum atomic E-state index is -0.282. The quantitative estimate of drug-likeness (QED) is 0.747. The zero-order valence-corrected chi connectivity index (χ0v) is 14.1. The number of rotatable bonds is 9. The number of nitrogens with zero attached hydrogens (tertiary/aromatic N) is 2. The van der Waals surface area contributed by atoms with Crippen LogP contribution in [0.1, 0.15) is 18.9 Å². The molecule has 0 amide bonds. The number of hydrogen-bond acceptors (Lipinski definition) is 4. The van der Waals surface area contributed by atoms with Gasteiger partial charge in [-0.1, -0.05) is 37.3 Å². The Hall–Kier alpha value is -1.75. The average Bonchev–Trinajstić information content (AvgIpc) is 2.60. The highest BCUT2D eigenvalue weighted by Crippen LogP contribution is 2.17. The van der Waals surface area contributed by atoms with Crippen molar-refractivity contribution in [3.63, 3.8) is 0 Å². The molecule has 1 heterocycles. The third-order valence-corrected chi connectivity index (χ3v) is 3.96. The fraction of sp³-hybridized carbons (Fsp3) is 0.421. The van der Waals surface area contributed by atoms with Crippen LogP contribution in [0.5, 0.6) is 0 Å². The van der Waals surface area contributed by atoms with Gasteiger partial charge >= 0.3 is 0 Å². The normalized spacial score (nSPS) is 12.5. The van der Waals surface area contributed by atoms with Crippen LogP contribution in [0.3, 0.4) is 0 Å². The van der Waals surface area contributed by atoms with Crippen molar-refractivity contribution >= 4 is 0 Å². The monoisotopic (exact) mass is 313 g/mol. The lowest BCUT2D eigenvalue weighted by atomic mass is 10.1. The summed E-state index contributed by atoms with van der Waals surface area (Å²) in [5.74, 6) is 0. The van der Waals surface area contributed by atoms with E-state index in [0.717, 1.165) is 37.3 Å². The first-order chi connectivity index (χ1) is 11.2. The molecule has 2 aromatic rings. The van der Waals surface area contributed by atoms with Crippen molar-refractivity contribution in [2.45, 2.75) is 26.0 Å². The third kappa shape index (κ3) is 5.75. The van der Waals surface area contributed by atoms with E-state index in [1.54, 1.807) is 0 Å². The fourth-order valence-electron chi connectivity index (χ4n) is 2.58. The van der Waals surface area contributed by atoms with Gasteiger partial charge in [-0.25, -0.2) is 0 Å². The lowest BCUT2D eigenvalue weighted by molar-refractivity contribution is 0.105. The number of aliphatic hydroxyl groups excluding tert-OH is 1. The summed E-state index contributed by atoms with van der Waals surface area (Å²) in [6.07, 6.45) is 2.32. The molecule has 0 fully saturated rings. The first-order valence-corrected chi connectivity index (χ1v) is 8.28. The van der Waals surface area contributed by atoms with Gasteiger partial charge in [0.05, 0.1) is 11.8 Å². The van der Waals surface area contributed by atoms with Gasteiger partial charge in [-0.3, -0.25) is 9.88 Å². The van der Waals surface area contributed by atoms with Crippen molar-refractivity contribution < 1.29 is 5.11 Å². The Morgan fingerprint density at radius 1 is 1.17 bits per heavy atom. The van der Waals surface area contributed by atoms with Crippen LogP contribution in [-0.2, 0) is 6.54 Å². The minimum absolute atomic E-state index is 0.282. The summed E-state index contributed by atoms with van der Waals surface area (Å²) in [4.78, 5) is 6.65. The zero-order valence-electron chi connectivity index (χ0n) is 14.1. The first-order valence-electron chi connectivity index (χ1n) is 8.28. The van der Waals surface area contributed by atoms with E-state index in [2.05, 4.69) is 46.4 Å². The second-order valence-electron chi connectivity index (χ2n) is 5.79. The summed E-state index contributed by atoms with van der Waals surface area (Å²) >= 11 is 0. The summed E-state index contributed by atoms with van der Waals surface area (Å²) in [7, 11) is 1.91. The molecule has 1 atom stereocenters. The molecule has 0 saturated heterocycles. The van der Waals surface area contributed by atoms with E-state index in [9.17, 15) is 5.11 Å². The van der Waals surface area contributed by atoms with Crippen LogP contribution < -0.4 is 5.32 Å². The molecule has 0 aliphatic rings. The van der Waals surface area contributed by atoms with Gasteiger partial charge in [-0.2, -0.15) is 0 Å². The van der Waals surface area contributed by atoms with Crippen LogP contribution in [0.2, 0.25) is 0 Å². The molecule has 0 saturated carbocycles. The molecule has 2 N–H and O–H groups in total. The molecule has 0 aliphatic heterocycles. The van der Waals surface area contributed by atoms with E-state index in [4.69, 9.17) is 0 Å². The van der Waals surface area contributed by atoms with E-state index >= 15 is 0 Å². The summed E-state index contributed by atoms with van der Waals surface area (Å²) in [6, 6.07) is 14.5. The zero-order chi connectivity index (χ0) is 16.5. The van der Waals surface area contributed by atoms with Crippen LogP contribution >= 0.6 is 0 Å². The van der Waals surface area contributed by atoms with Gasteiger partial charge in [0.25, 0.3) is 0 Å². The maximum absolute atomic E-state index is 10.1. The SMILES string of the molecule is CCN(Cc1ccc(-c2ccccn2)cc1)CC(O)CCNC. The number of hydrogen-bond donors (Lipinski definition) is 2. The lowest BCUT2D eigenvalue weighted by Gasteiger charge is -2.23. The second-order valence-corrected chi connectivity index (χ2v) is 5.79. The van der Waals surface area contributed by atoms with Crippen molar-refractivity contribution in [3.8, 4) is 11.3 Å². The smallest absolute Gasteiger partial charge is 0.0701 e. The van der Waals surface area contributed by atoms with E-state index in [1.807, 2.05) is 31.4 Å². The van der Waals surface area contributed by atoms with E-state index in [0.29, 0.717) is 6.54 Å². The van der Waals surface area contributed by atoms with Crippen LogP contribution in [0.25, 0.3) is 11.3 Å². The average molecular weight is 313 g/mol. The summed E-state index contributed by atoms with van der Waals surface area (Å²) < 4.78 is 0. The predicted molar refractivity (Wildman–Crippen MR) is 95.2 cm³/mol. The highest BCUT2D eigenvalue weighted by molar-refractivity contribution is 5.58. The van der Waals surface area contributed by atoms with Crippen LogP contribution in [0.15, 0.2) is 48.7 Å². The van der Waals surface area contributed by atoms with Gasteiger partial charge in [0.1, 0.15) is 0 Å². The van der Waals surface area contributed by atoms with Crippen molar-refractivity contribution in [1.82, 2.24) is 15.2 Å². The van der Waals surface area contributed by atoms with E-state index < -0.39 is 0 Å². The molecule has 1 aromatic carbocycles. The second kappa shape index (κ2) is 9.40. The first kappa shape index (κ1) is 17.6. The molecule has 2 rings (SSSR count). The molecule has 1 unspecified atom stereocenters. The number of aromatic nitrogens is 1. The largest absolute Gasteiger partial charge is 0.392 e. The van der Waals surface area contributed by atoms with Crippen LogP contribution in [0.4, 0.5) is 0 Å². The van der Waals surface area contributed by atoms with E-state index in [-0.39, 0.29) is 6.10 Å². The highest BCUT2D eigenvalue weighted by atomic mass is 16.3. The Labute approximate surface area is 139 Å². The van der Waals surface area contributed by atoms with Crippen molar-refractivity contribution in [1.29, 1.82) is 0 Å². The standard InChI is InChI=1S/C19H27N3O/c1-3-22(15-18(23)11-13-20-2)14-16-7-9-17(10-8-16)19-6-4-5-12-21-19/h4-10,12,18,20,23H,3,11,13-15H2,1-2H3. The molecule has 23 heavy (non-hydrogen) atoms. The van der Waals surface area contributed by atoms with Crippen LogP contribution in [0, 0.1) is 0 Å². The molecule has 4 heteroatoms. The van der Waals surface area contributed by atoms with Gasteiger partial charge in [0.15, 0.2) is 0 Å². The maximum atomic E-state index is 10.1. The van der Waals surface area contributed by atoms with Gasteiger partial charge < -0.3 is 10.4 Å². The van der Waals surface area contributed by atoms with Gasteiger partial charge in [0, 0.05) is 24.8 Å². The number of benzene rings is 1. The van der Waals surface area contributed by atoms with E-state index in [1.165, 1.54) is 5.56 Å². The minimum Gasteiger partial charge on any atom is -0.392 e. The molecular formula is C19H27N3O. The highest BCUT2D eigenvalue weighted by Gasteiger charge is 2.10. The summed E-state index contributed by atoms with van der Waals surface area (Å²) in [5, 5.41) is 13.1. The topological polar surface area (TPSA) is 48.4 Å².